The van der Waals surface area contributed by atoms with Crippen molar-refractivity contribution in [3.8, 4) is 5.75 Å². The van der Waals surface area contributed by atoms with Gasteiger partial charge in [-0.2, -0.15) is 4.98 Å². The van der Waals surface area contributed by atoms with Crippen LogP contribution in [0.3, 0.4) is 0 Å². The van der Waals surface area contributed by atoms with Gasteiger partial charge in [0.15, 0.2) is 18.2 Å². The Labute approximate surface area is 279 Å². The van der Waals surface area contributed by atoms with Crippen LogP contribution < -0.4 is 36.9 Å². The normalized spacial score (nSPS) is 14.4. The van der Waals surface area contributed by atoms with E-state index in [0.29, 0.717) is 41.3 Å². The summed E-state index contributed by atoms with van der Waals surface area (Å²) in [4.78, 5) is 73.5. The topological polar surface area (TPSA) is 198 Å². The molecule has 3 aromatic heterocycles. The molecule has 250 valence electrons. The summed E-state index contributed by atoms with van der Waals surface area (Å²) in [6.07, 6.45) is 3.99. The highest BCUT2D eigenvalue weighted by molar-refractivity contribution is 6.32. The zero-order chi connectivity index (χ0) is 34.4. The second kappa shape index (κ2) is 14.9. The van der Waals surface area contributed by atoms with Crippen molar-refractivity contribution in [2.24, 2.45) is 0 Å². The van der Waals surface area contributed by atoms with Crippen LogP contribution in [0.25, 0.3) is 10.9 Å². The summed E-state index contributed by atoms with van der Waals surface area (Å²) in [5.74, 6) is -0.996. The van der Waals surface area contributed by atoms with E-state index in [4.69, 9.17) is 16.3 Å². The number of rotatable bonds is 12. The quantitative estimate of drug-likeness (QED) is 0.138. The maximum absolute atomic E-state index is 13.1. The third kappa shape index (κ3) is 8.04. The van der Waals surface area contributed by atoms with Crippen LogP contribution >= 0.6 is 11.6 Å². The number of carbonyl (C=O) groups excluding carboxylic acids is 4. The van der Waals surface area contributed by atoms with Gasteiger partial charge in [0.2, 0.25) is 17.8 Å². The number of piperidine rings is 1. The lowest BCUT2D eigenvalue weighted by molar-refractivity contribution is -0.134. The number of nitrogens with one attached hydrogen (secondary N) is 5. The van der Waals surface area contributed by atoms with Crippen LogP contribution in [0, 0.1) is 0 Å². The molecule has 0 bridgehead atoms. The molecule has 5 rings (SSSR count). The second-order valence-corrected chi connectivity index (χ2v) is 11.6. The monoisotopic (exact) mass is 675 g/mol. The van der Waals surface area contributed by atoms with Crippen molar-refractivity contribution in [3.05, 3.63) is 75.4 Å². The molecule has 5 N–H and O–H groups in total. The Morgan fingerprint density at radius 1 is 1.10 bits per heavy atom. The molecule has 1 fully saturated rings. The summed E-state index contributed by atoms with van der Waals surface area (Å²) in [7, 11) is 1.49. The van der Waals surface area contributed by atoms with E-state index in [1.54, 1.807) is 35.0 Å². The molecular weight excluding hydrogens is 642 g/mol. The van der Waals surface area contributed by atoms with Crippen molar-refractivity contribution in [3.63, 3.8) is 0 Å². The van der Waals surface area contributed by atoms with Crippen molar-refractivity contribution in [1.29, 1.82) is 0 Å². The Morgan fingerprint density at radius 3 is 2.62 bits per heavy atom. The van der Waals surface area contributed by atoms with E-state index in [-0.39, 0.29) is 59.3 Å². The van der Waals surface area contributed by atoms with Gasteiger partial charge in [0.25, 0.3) is 17.4 Å². The average molecular weight is 676 g/mol. The first-order valence-corrected chi connectivity index (χ1v) is 15.6. The summed E-state index contributed by atoms with van der Waals surface area (Å²) in [5.41, 5.74) is 2.01. The molecule has 0 saturated carbocycles. The lowest BCUT2D eigenvalue weighted by Gasteiger charge is -2.21. The van der Waals surface area contributed by atoms with E-state index < -0.39 is 17.9 Å². The third-order valence-corrected chi connectivity index (χ3v) is 7.74. The molecule has 0 radical (unpaired) electrons. The number of halogens is 1. The van der Waals surface area contributed by atoms with Gasteiger partial charge in [-0.15, -0.1) is 0 Å². The molecule has 1 aliphatic heterocycles. The van der Waals surface area contributed by atoms with E-state index in [9.17, 15) is 24.0 Å². The predicted molar refractivity (Wildman–Crippen MR) is 179 cm³/mol. The molecule has 4 amide bonds. The minimum absolute atomic E-state index is 0.0591. The highest BCUT2D eigenvalue weighted by atomic mass is 35.5. The van der Waals surface area contributed by atoms with Gasteiger partial charge in [-0.1, -0.05) is 17.7 Å². The molecule has 4 aromatic rings. The highest BCUT2D eigenvalue weighted by Crippen LogP contribution is 2.28. The maximum atomic E-state index is 13.1. The number of anilines is 3. The zero-order valence-corrected chi connectivity index (χ0v) is 27.2. The number of fused-ring (bicyclic) bond motifs is 1. The summed E-state index contributed by atoms with van der Waals surface area (Å²) >= 11 is 6.41. The van der Waals surface area contributed by atoms with Crippen molar-refractivity contribution in [1.82, 2.24) is 35.5 Å². The van der Waals surface area contributed by atoms with Crippen LogP contribution in [0.5, 0.6) is 5.75 Å². The van der Waals surface area contributed by atoms with Gasteiger partial charge >= 0.3 is 0 Å². The lowest BCUT2D eigenvalue weighted by atomic mass is 10.1. The van der Waals surface area contributed by atoms with Gasteiger partial charge in [-0.05, 0) is 62.6 Å². The van der Waals surface area contributed by atoms with E-state index in [1.165, 1.54) is 13.2 Å². The molecule has 1 saturated heterocycles. The zero-order valence-electron chi connectivity index (χ0n) is 26.4. The van der Waals surface area contributed by atoms with Crippen molar-refractivity contribution in [2.45, 2.75) is 45.2 Å². The molecule has 16 heteroatoms. The van der Waals surface area contributed by atoms with E-state index in [0.717, 1.165) is 5.56 Å². The Bertz CT molecular complexity index is 1930. The number of amides is 4. The number of likely N-dealkylation sites (N-methyl/N-ethyl adjacent to an activating group) is 1. The van der Waals surface area contributed by atoms with E-state index in [1.807, 2.05) is 26.0 Å². The van der Waals surface area contributed by atoms with Crippen molar-refractivity contribution in [2.75, 3.05) is 30.8 Å². The molecule has 0 aliphatic carbocycles. The Morgan fingerprint density at radius 2 is 1.92 bits per heavy atom. The number of ether oxygens (including phenoxy) is 1. The molecule has 1 aliphatic rings. The predicted octanol–water partition coefficient (Wildman–Crippen LogP) is 2.48. The van der Waals surface area contributed by atoms with Crippen LogP contribution in [-0.2, 0) is 20.8 Å². The number of hydrogen-bond donors (Lipinski definition) is 5. The minimum atomic E-state index is -0.779. The SMILES string of the molecule is CNC(=O)COc1cc2cc(Nc3nc(NCCc4ccc(C(=O)NC5CCC(=O)NC5=O)nc4)ncc3Cl)ccc2n(C(C)C)c1=O. The Hall–Kier alpha value is -5.57. The third-order valence-electron chi connectivity index (χ3n) is 7.46. The van der Waals surface area contributed by atoms with Crippen LogP contribution in [0.4, 0.5) is 17.5 Å². The summed E-state index contributed by atoms with van der Waals surface area (Å²) in [6, 6.07) is 9.44. The number of pyridine rings is 2. The number of nitrogens with zero attached hydrogens (tertiary/aromatic N) is 4. The fourth-order valence-electron chi connectivity index (χ4n) is 5.00. The Kier molecular flexibility index (Phi) is 10.5. The van der Waals surface area contributed by atoms with Crippen molar-refractivity contribution >= 4 is 63.6 Å². The first kappa shape index (κ1) is 33.8. The Balaban J connectivity index is 1.22. The largest absolute Gasteiger partial charge is 0.478 e. The van der Waals surface area contributed by atoms with Crippen LogP contribution in [-0.4, -0.2) is 69.4 Å². The van der Waals surface area contributed by atoms with Gasteiger partial charge in [0.1, 0.15) is 16.8 Å². The fraction of sp³-hybridized carbons (Fsp3) is 0.312. The molecule has 1 atom stereocenters. The number of imide groups is 1. The van der Waals surface area contributed by atoms with Gasteiger partial charge < -0.3 is 30.6 Å². The molecule has 1 aromatic carbocycles. The highest BCUT2D eigenvalue weighted by Gasteiger charge is 2.28. The van der Waals surface area contributed by atoms with Gasteiger partial charge in [-0.3, -0.25) is 34.3 Å². The standard InChI is InChI=1S/C32H34ClN9O6/c1-17(2)42-24-8-5-20(12-19(24)13-25(31(42)47)48-16-27(44)34-3)38-28-21(33)15-37-32(41-28)35-11-10-18-4-6-22(36-14-18)29(45)39-23-7-9-26(43)40-30(23)46/h4-6,8,12-15,17,23H,7,9-11,16H2,1-3H3,(H,34,44)(H,39,45)(H,40,43,46)(H2,35,37,38,41). The summed E-state index contributed by atoms with van der Waals surface area (Å²) in [6.45, 7) is 3.94. The lowest BCUT2D eigenvalue weighted by Crippen LogP contribution is -2.52. The second-order valence-electron chi connectivity index (χ2n) is 11.2. The van der Waals surface area contributed by atoms with Gasteiger partial charge in [0.05, 0.1) is 11.7 Å². The minimum Gasteiger partial charge on any atom is -0.478 e. The fourth-order valence-corrected chi connectivity index (χ4v) is 5.13. The van der Waals surface area contributed by atoms with Gasteiger partial charge in [-0.25, -0.2) is 4.98 Å². The van der Waals surface area contributed by atoms with Crippen LogP contribution in [0.2, 0.25) is 5.02 Å². The number of benzene rings is 1. The molecular formula is C32H34ClN9O6. The molecule has 48 heavy (non-hydrogen) atoms. The number of carbonyl (C=O) groups is 4. The number of hydrogen-bond acceptors (Lipinski definition) is 11. The molecule has 1 unspecified atom stereocenters. The van der Waals surface area contributed by atoms with Crippen LogP contribution in [0.1, 0.15) is 48.8 Å². The van der Waals surface area contributed by atoms with Crippen LogP contribution in [0.15, 0.2) is 53.6 Å². The first-order chi connectivity index (χ1) is 23.0. The molecule has 4 heterocycles. The summed E-state index contributed by atoms with van der Waals surface area (Å²) < 4.78 is 7.15. The molecule has 15 nitrogen and oxygen atoms in total. The van der Waals surface area contributed by atoms with Crippen molar-refractivity contribution < 1.29 is 23.9 Å². The maximum Gasteiger partial charge on any atom is 0.293 e. The molecule has 0 spiro atoms. The van der Waals surface area contributed by atoms with Gasteiger partial charge in [0, 0.05) is 43.3 Å². The summed E-state index contributed by atoms with van der Waals surface area (Å²) in [5, 5.41) is 14.6. The van der Waals surface area contributed by atoms with E-state index >= 15 is 0 Å². The van der Waals surface area contributed by atoms with E-state index in [2.05, 4.69) is 41.5 Å². The average Bonchev–Trinajstić information content (AvgIpc) is 3.06. The number of aromatic nitrogens is 4. The first-order valence-electron chi connectivity index (χ1n) is 15.2. The smallest absolute Gasteiger partial charge is 0.293 e.